The summed E-state index contributed by atoms with van der Waals surface area (Å²) in [5.74, 6) is -1.42. The third-order valence-corrected chi connectivity index (χ3v) is 3.00. The fourth-order valence-electron chi connectivity index (χ4n) is 2.27. The summed E-state index contributed by atoms with van der Waals surface area (Å²) >= 11 is 0. The molecule has 0 radical (unpaired) electrons. The second-order valence-electron chi connectivity index (χ2n) is 3.86. The molecule has 2 bridgehead atoms. The normalized spacial score (nSPS) is 37.5. The Morgan fingerprint density at radius 3 is 2.85 bits per heavy atom. The smallest absolute Gasteiger partial charge is 0.143 e. The minimum absolute atomic E-state index is 0.0633. The zero-order valence-electron chi connectivity index (χ0n) is 7.23. The number of allylic oxidation sites excluding steroid dienone is 2. The number of carbonyl (C=O) groups is 2. The molecule has 13 heavy (non-hydrogen) atoms. The molecule has 1 fully saturated rings. The van der Waals surface area contributed by atoms with Crippen molar-refractivity contribution in [3.05, 3.63) is 12.2 Å². The van der Waals surface area contributed by atoms with Gasteiger partial charge in [-0.05, 0) is 19.3 Å². The highest BCUT2D eigenvalue weighted by Crippen LogP contribution is 2.36. The van der Waals surface area contributed by atoms with Crippen LogP contribution in [0.15, 0.2) is 12.2 Å². The van der Waals surface area contributed by atoms with Crippen LogP contribution in [0.1, 0.15) is 19.3 Å². The molecule has 2 rings (SSSR count). The molecule has 3 atom stereocenters. The summed E-state index contributed by atoms with van der Waals surface area (Å²) in [6.45, 7) is 0. The second kappa shape index (κ2) is 2.98. The van der Waals surface area contributed by atoms with E-state index in [-0.39, 0.29) is 17.6 Å². The first kappa shape index (κ1) is 8.48. The van der Waals surface area contributed by atoms with Crippen molar-refractivity contribution in [2.45, 2.75) is 19.3 Å². The molecular weight excluding hydrogens is 168 g/mol. The lowest BCUT2D eigenvalue weighted by Gasteiger charge is -2.35. The minimum atomic E-state index is -1.00. The fourth-order valence-corrected chi connectivity index (χ4v) is 2.27. The molecule has 3 heteroatoms. The highest BCUT2D eigenvalue weighted by Gasteiger charge is 2.36. The third kappa shape index (κ3) is 1.39. The zero-order valence-corrected chi connectivity index (χ0v) is 7.23. The number of aliphatic carboxylic acids is 1. The quantitative estimate of drug-likeness (QED) is 0.528. The second-order valence-corrected chi connectivity index (χ2v) is 3.86. The Morgan fingerprint density at radius 2 is 2.23 bits per heavy atom. The van der Waals surface area contributed by atoms with Gasteiger partial charge in [-0.1, -0.05) is 12.2 Å². The van der Waals surface area contributed by atoms with Crippen molar-refractivity contribution in [2.75, 3.05) is 0 Å². The van der Waals surface area contributed by atoms with Gasteiger partial charge >= 0.3 is 0 Å². The van der Waals surface area contributed by atoms with Crippen molar-refractivity contribution >= 4 is 11.8 Å². The van der Waals surface area contributed by atoms with Gasteiger partial charge in [0, 0.05) is 23.7 Å². The predicted octanol–water partition coefficient (Wildman–Crippen LogP) is -0.0923. The highest BCUT2D eigenvalue weighted by atomic mass is 16.4. The van der Waals surface area contributed by atoms with Gasteiger partial charge in [-0.15, -0.1) is 0 Å². The largest absolute Gasteiger partial charge is 0.550 e. The van der Waals surface area contributed by atoms with Gasteiger partial charge in [-0.3, -0.25) is 4.79 Å². The molecule has 70 valence electrons. The summed E-state index contributed by atoms with van der Waals surface area (Å²) < 4.78 is 0. The standard InChI is InChI=1S/C10H12O3/c11-9-6-2-1-3-7(9)5-8(4-6)10(12)13/h1-2,6-8H,3-5H2,(H,12,13)/p-1/t6-,7+,8+/m0/s1. The molecule has 0 spiro atoms. The molecule has 2 aliphatic rings. The highest BCUT2D eigenvalue weighted by molar-refractivity contribution is 5.88. The zero-order chi connectivity index (χ0) is 9.42. The van der Waals surface area contributed by atoms with Gasteiger partial charge in [-0.25, -0.2) is 0 Å². The predicted molar refractivity (Wildman–Crippen MR) is 43.5 cm³/mol. The van der Waals surface area contributed by atoms with E-state index in [0.29, 0.717) is 19.3 Å². The molecule has 0 aromatic rings. The van der Waals surface area contributed by atoms with Crippen LogP contribution in [0.3, 0.4) is 0 Å². The maximum Gasteiger partial charge on any atom is 0.143 e. The number of hydrogen-bond donors (Lipinski definition) is 0. The maximum atomic E-state index is 11.5. The Morgan fingerprint density at radius 1 is 1.46 bits per heavy atom. The average molecular weight is 179 g/mol. The Balaban J connectivity index is 2.18. The SMILES string of the molecule is O=C([O-])[C@H]1C[C@H]2CC=C[C@@H](C1)C2=O. The van der Waals surface area contributed by atoms with Crippen molar-refractivity contribution in [1.82, 2.24) is 0 Å². The summed E-state index contributed by atoms with van der Waals surface area (Å²) in [4.78, 5) is 22.2. The van der Waals surface area contributed by atoms with Crippen LogP contribution in [-0.2, 0) is 9.59 Å². The molecule has 0 unspecified atom stereocenters. The molecule has 0 heterocycles. The van der Waals surface area contributed by atoms with Crippen LogP contribution in [0.4, 0.5) is 0 Å². The Kier molecular flexibility index (Phi) is 1.94. The Bertz CT molecular complexity index is 280. The van der Waals surface area contributed by atoms with Gasteiger partial charge in [0.1, 0.15) is 5.78 Å². The van der Waals surface area contributed by atoms with Crippen molar-refractivity contribution in [3.63, 3.8) is 0 Å². The molecule has 2 aliphatic carbocycles. The van der Waals surface area contributed by atoms with E-state index in [9.17, 15) is 14.7 Å². The lowest BCUT2D eigenvalue weighted by atomic mass is 9.70. The fraction of sp³-hybridized carbons (Fsp3) is 0.600. The van der Waals surface area contributed by atoms with Crippen molar-refractivity contribution < 1.29 is 14.7 Å². The Labute approximate surface area is 76.4 Å². The van der Waals surface area contributed by atoms with Crippen LogP contribution >= 0.6 is 0 Å². The lowest BCUT2D eigenvalue weighted by Crippen LogP contribution is -2.41. The van der Waals surface area contributed by atoms with Crippen LogP contribution in [0.2, 0.25) is 0 Å². The number of carboxylic acids is 1. The monoisotopic (exact) mass is 179 g/mol. The average Bonchev–Trinajstić information content (AvgIpc) is 2.02. The van der Waals surface area contributed by atoms with Crippen molar-refractivity contribution in [1.29, 1.82) is 0 Å². The number of hydrogen-bond acceptors (Lipinski definition) is 3. The molecule has 0 aliphatic heterocycles. The van der Waals surface area contributed by atoms with E-state index in [1.165, 1.54) is 0 Å². The van der Waals surface area contributed by atoms with E-state index in [4.69, 9.17) is 0 Å². The van der Waals surface area contributed by atoms with Crippen LogP contribution in [0, 0.1) is 17.8 Å². The van der Waals surface area contributed by atoms with E-state index in [1.54, 1.807) is 0 Å². The summed E-state index contributed by atoms with van der Waals surface area (Å²) in [5, 5.41) is 10.6. The van der Waals surface area contributed by atoms with Crippen LogP contribution < -0.4 is 5.11 Å². The first-order valence-electron chi connectivity index (χ1n) is 4.59. The molecule has 0 N–H and O–H groups in total. The van der Waals surface area contributed by atoms with E-state index in [1.807, 2.05) is 12.2 Å². The molecular formula is C10H11O3-. The van der Waals surface area contributed by atoms with Gasteiger partial charge in [-0.2, -0.15) is 0 Å². The van der Waals surface area contributed by atoms with Crippen LogP contribution in [0.25, 0.3) is 0 Å². The number of fused-ring (bicyclic) bond motifs is 2. The van der Waals surface area contributed by atoms with Crippen LogP contribution in [0.5, 0.6) is 0 Å². The molecule has 0 aromatic carbocycles. The van der Waals surface area contributed by atoms with Crippen LogP contribution in [-0.4, -0.2) is 11.8 Å². The maximum absolute atomic E-state index is 11.5. The number of rotatable bonds is 1. The van der Waals surface area contributed by atoms with Crippen molar-refractivity contribution in [3.8, 4) is 0 Å². The minimum Gasteiger partial charge on any atom is -0.550 e. The Hall–Kier alpha value is -1.12. The number of carboxylic acid groups (broad SMARTS) is 1. The van der Waals surface area contributed by atoms with E-state index >= 15 is 0 Å². The molecule has 0 amide bonds. The van der Waals surface area contributed by atoms with Gasteiger partial charge in [0.15, 0.2) is 0 Å². The molecule has 0 saturated heterocycles. The summed E-state index contributed by atoms with van der Waals surface area (Å²) in [6, 6.07) is 0. The van der Waals surface area contributed by atoms with E-state index in [0.717, 1.165) is 0 Å². The summed E-state index contributed by atoms with van der Waals surface area (Å²) in [6.07, 6.45) is 5.45. The molecule has 3 nitrogen and oxygen atoms in total. The number of ketones is 1. The first-order chi connectivity index (χ1) is 6.18. The number of carbonyl (C=O) groups excluding carboxylic acids is 2. The van der Waals surface area contributed by atoms with Gasteiger partial charge in [0.05, 0.1) is 0 Å². The van der Waals surface area contributed by atoms with E-state index < -0.39 is 11.9 Å². The topological polar surface area (TPSA) is 57.2 Å². The van der Waals surface area contributed by atoms with E-state index in [2.05, 4.69) is 0 Å². The molecule has 0 aromatic heterocycles. The summed E-state index contributed by atoms with van der Waals surface area (Å²) in [7, 11) is 0. The molecule has 1 saturated carbocycles. The van der Waals surface area contributed by atoms with Gasteiger partial charge in [0.2, 0.25) is 0 Å². The number of Topliss-reactive ketones (excluding diaryl/α,β-unsaturated/α-hetero) is 1. The third-order valence-electron chi connectivity index (χ3n) is 3.00. The summed E-state index contributed by atoms with van der Waals surface area (Å²) in [5.41, 5.74) is 0. The van der Waals surface area contributed by atoms with Gasteiger partial charge in [0.25, 0.3) is 0 Å². The van der Waals surface area contributed by atoms with Crippen molar-refractivity contribution in [2.24, 2.45) is 17.8 Å². The lowest BCUT2D eigenvalue weighted by molar-refractivity contribution is -0.312. The van der Waals surface area contributed by atoms with Gasteiger partial charge < -0.3 is 9.90 Å². The first-order valence-corrected chi connectivity index (χ1v) is 4.59.